The van der Waals surface area contributed by atoms with Crippen molar-refractivity contribution in [3.63, 3.8) is 0 Å². The average Bonchev–Trinajstić information content (AvgIpc) is 3.26. The van der Waals surface area contributed by atoms with E-state index in [9.17, 15) is 0 Å². The largest absolute Gasteiger partial charge is 0.375 e. The Labute approximate surface area is 222 Å². The molecule has 2 heteroatoms. The molecule has 0 spiro atoms. The highest BCUT2D eigenvalue weighted by atomic mass is 14.9. The third-order valence-electron chi connectivity index (χ3n) is 8.73. The van der Waals surface area contributed by atoms with Crippen molar-refractivity contribution in [1.29, 1.82) is 0 Å². The van der Waals surface area contributed by atoms with E-state index in [1.807, 2.05) is 0 Å². The Morgan fingerprint density at radius 3 is 1.51 bits per heavy atom. The van der Waals surface area contributed by atoms with Crippen molar-refractivity contribution < 1.29 is 0 Å². The monoisotopic (exact) mass is 483 g/mol. The summed E-state index contributed by atoms with van der Waals surface area (Å²) >= 11 is 0. The summed E-state index contributed by atoms with van der Waals surface area (Å²) in [6.07, 6.45) is 7.09. The molecule has 37 heavy (non-hydrogen) atoms. The molecule has 1 aromatic heterocycles. The molecule has 0 aliphatic carbocycles. The zero-order valence-corrected chi connectivity index (χ0v) is 22.9. The van der Waals surface area contributed by atoms with Gasteiger partial charge in [0.05, 0.1) is 0 Å². The van der Waals surface area contributed by atoms with Crippen LogP contribution in [0.15, 0.2) is 84.9 Å². The van der Waals surface area contributed by atoms with Crippen molar-refractivity contribution in [3.8, 4) is 0 Å². The summed E-state index contributed by atoms with van der Waals surface area (Å²) in [6.45, 7) is 9.55. The van der Waals surface area contributed by atoms with Gasteiger partial charge in [-0.3, -0.25) is 0 Å². The van der Waals surface area contributed by atoms with E-state index in [0.717, 1.165) is 12.8 Å². The van der Waals surface area contributed by atoms with Crippen LogP contribution >= 0.6 is 0 Å². The second-order valence-electron chi connectivity index (χ2n) is 11.4. The van der Waals surface area contributed by atoms with Crippen LogP contribution in [0, 0.1) is 0 Å². The molecule has 0 saturated heterocycles. The second-order valence-corrected chi connectivity index (χ2v) is 11.4. The van der Waals surface area contributed by atoms with Gasteiger partial charge in [0.1, 0.15) is 0 Å². The highest BCUT2D eigenvalue weighted by Crippen LogP contribution is 2.38. The zero-order chi connectivity index (χ0) is 25.6. The third kappa shape index (κ3) is 3.76. The van der Waals surface area contributed by atoms with Crippen molar-refractivity contribution in [2.75, 3.05) is 0 Å². The lowest BCUT2D eigenvalue weighted by Gasteiger charge is -2.39. The number of hydrogen-bond donors (Lipinski definition) is 0. The molecule has 0 fully saturated rings. The molecule has 0 saturated carbocycles. The number of para-hydroxylation sites is 2. The standard InChI is InChI=1S/C35H38BN/c1-5-7-15-25-17-13-19-27-28-20-14-18-26(16-8-6-2)34(28)37(33(25)27)36-31-23-11-9-21-29(31)35(3,4)30-22-10-12-24-32(30)36/h9-14,17-24H,5-8,15-16H2,1-4H3. The third-order valence-corrected chi connectivity index (χ3v) is 8.73. The van der Waals surface area contributed by atoms with Gasteiger partial charge >= 0.3 is 6.85 Å². The molecule has 0 amide bonds. The normalized spacial score (nSPS) is 14.2. The molecule has 0 radical (unpaired) electrons. The number of nitrogens with zero attached hydrogens (tertiary/aromatic N) is 1. The lowest BCUT2D eigenvalue weighted by molar-refractivity contribution is 0.645. The molecular formula is C35H38BN. The summed E-state index contributed by atoms with van der Waals surface area (Å²) in [5.41, 5.74) is 11.6. The molecule has 1 nitrogen and oxygen atoms in total. The van der Waals surface area contributed by atoms with Crippen molar-refractivity contribution >= 4 is 39.6 Å². The van der Waals surface area contributed by atoms with Crippen molar-refractivity contribution in [2.24, 2.45) is 0 Å². The van der Waals surface area contributed by atoms with Gasteiger partial charge in [0, 0.05) is 27.2 Å². The second kappa shape index (κ2) is 9.56. The Balaban J connectivity index is 1.77. The van der Waals surface area contributed by atoms with E-state index < -0.39 is 0 Å². The molecule has 5 aromatic rings. The summed E-state index contributed by atoms with van der Waals surface area (Å²) in [5, 5.41) is 2.81. The smallest absolute Gasteiger partial charge is 0.328 e. The number of rotatable bonds is 7. The molecule has 2 heterocycles. The van der Waals surface area contributed by atoms with Crippen LogP contribution in [-0.2, 0) is 18.3 Å². The summed E-state index contributed by atoms with van der Waals surface area (Å²) < 4.78 is 2.76. The average molecular weight is 484 g/mol. The predicted molar refractivity (Wildman–Crippen MR) is 162 cm³/mol. The molecule has 6 rings (SSSR count). The molecule has 186 valence electrons. The SMILES string of the molecule is CCCCc1cccc2c3cccc(CCCC)c3n(B3c4ccccc4C(C)(C)c4ccccc43)c12. The maximum absolute atomic E-state index is 2.76. The summed E-state index contributed by atoms with van der Waals surface area (Å²) in [5.74, 6) is 0. The van der Waals surface area contributed by atoms with Crippen LogP contribution in [0.4, 0.5) is 0 Å². The lowest BCUT2D eigenvalue weighted by atomic mass is 9.41. The van der Waals surface area contributed by atoms with E-state index in [-0.39, 0.29) is 12.3 Å². The summed E-state index contributed by atoms with van der Waals surface area (Å²) in [7, 11) is 0. The van der Waals surface area contributed by atoms with Gasteiger partial charge in [-0.2, -0.15) is 0 Å². The van der Waals surface area contributed by atoms with Crippen LogP contribution in [0.5, 0.6) is 0 Å². The molecule has 1 aliphatic rings. The van der Waals surface area contributed by atoms with Gasteiger partial charge in [-0.05, 0) is 58.9 Å². The van der Waals surface area contributed by atoms with Gasteiger partial charge in [0.2, 0.25) is 0 Å². The van der Waals surface area contributed by atoms with E-state index in [4.69, 9.17) is 0 Å². The first kappa shape index (κ1) is 24.1. The van der Waals surface area contributed by atoms with Crippen LogP contribution in [0.3, 0.4) is 0 Å². The first-order valence-corrected chi connectivity index (χ1v) is 14.3. The van der Waals surface area contributed by atoms with E-state index in [1.165, 1.54) is 80.7 Å². The van der Waals surface area contributed by atoms with Gasteiger partial charge < -0.3 is 4.48 Å². The van der Waals surface area contributed by atoms with Gasteiger partial charge in [-0.15, -0.1) is 0 Å². The molecule has 0 N–H and O–H groups in total. The Morgan fingerprint density at radius 2 is 1.05 bits per heavy atom. The van der Waals surface area contributed by atoms with Gasteiger partial charge in [-0.25, -0.2) is 0 Å². The Morgan fingerprint density at radius 1 is 0.595 bits per heavy atom. The number of fused-ring (bicyclic) bond motifs is 5. The highest BCUT2D eigenvalue weighted by Gasteiger charge is 2.41. The maximum atomic E-state index is 2.76. The fraction of sp³-hybridized carbons (Fsp3) is 0.314. The molecular weight excluding hydrogens is 445 g/mol. The number of benzene rings is 4. The predicted octanol–water partition coefficient (Wildman–Crippen LogP) is 7.77. The number of hydrogen-bond acceptors (Lipinski definition) is 0. The fourth-order valence-corrected chi connectivity index (χ4v) is 6.89. The topological polar surface area (TPSA) is 4.93 Å². The quantitative estimate of drug-likeness (QED) is 0.208. The molecule has 0 bridgehead atoms. The van der Waals surface area contributed by atoms with Gasteiger partial charge in [0.15, 0.2) is 0 Å². The molecule has 0 unspecified atom stereocenters. The minimum Gasteiger partial charge on any atom is -0.375 e. The fourth-order valence-electron chi connectivity index (χ4n) is 6.89. The summed E-state index contributed by atoms with van der Waals surface area (Å²) in [4.78, 5) is 0. The maximum Gasteiger partial charge on any atom is 0.328 e. The van der Waals surface area contributed by atoms with Crippen LogP contribution in [-0.4, -0.2) is 11.3 Å². The summed E-state index contributed by atoms with van der Waals surface area (Å²) in [6, 6.07) is 32.4. The highest BCUT2D eigenvalue weighted by molar-refractivity contribution is 6.86. The Bertz CT molecular complexity index is 1470. The Hall–Kier alpha value is -3.26. The first-order chi connectivity index (χ1) is 18.1. The molecule has 1 aliphatic heterocycles. The van der Waals surface area contributed by atoms with E-state index >= 15 is 0 Å². The van der Waals surface area contributed by atoms with Crippen LogP contribution in [0.25, 0.3) is 21.8 Å². The lowest BCUT2D eigenvalue weighted by Crippen LogP contribution is -2.58. The minimum absolute atomic E-state index is 0.0292. The van der Waals surface area contributed by atoms with Gasteiger partial charge in [-0.1, -0.05) is 125 Å². The van der Waals surface area contributed by atoms with Crippen LogP contribution in [0.1, 0.15) is 75.6 Å². The van der Waals surface area contributed by atoms with E-state index in [1.54, 1.807) is 0 Å². The van der Waals surface area contributed by atoms with Crippen molar-refractivity contribution in [2.45, 2.75) is 71.6 Å². The molecule has 0 atom stereocenters. The minimum atomic E-state index is -0.0292. The molecule has 4 aromatic carbocycles. The zero-order valence-electron chi connectivity index (χ0n) is 22.9. The van der Waals surface area contributed by atoms with E-state index in [0.29, 0.717) is 0 Å². The number of aryl methyl sites for hydroxylation is 2. The van der Waals surface area contributed by atoms with Gasteiger partial charge in [0.25, 0.3) is 0 Å². The number of unbranched alkanes of at least 4 members (excludes halogenated alkanes) is 2. The van der Waals surface area contributed by atoms with Crippen LogP contribution < -0.4 is 10.9 Å². The van der Waals surface area contributed by atoms with E-state index in [2.05, 4.69) is 117 Å². The van der Waals surface area contributed by atoms with Crippen molar-refractivity contribution in [3.05, 3.63) is 107 Å². The Kier molecular flexibility index (Phi) is 6.23. The van der Waals surface area contributed by atoms with Crippen LogP contribution in [0.2, 0.25) is 0 Å². The first-order valence-electron chi connectivity index (χ1n) is 14.3. The number of aromatic nitrogens is 1. The van der Waals surface area contributed by atoms with Crippen molar-refractivity contribution in [1.82, 2.24) is 4.48 Å².